The van der Waals surface area contributed by atoms with Gasteiger partial charge in [0.1, 0.15) is 5.75 Å². The molecule has 1 aromatic carbocycles. The van der Waals surface area contributed by atoms with Crippen molar-refractivity contribution in [1.82, 2.24) is 5.16 Å². The third-order valence-corrected chi connectivity index (χ3v) is 4.16. The Kier molecular flexibility index (Phi) is 4.80. The number of nitrogens with zero attached hydrogens (tertiary/aromatic N) is 1. The van der Waals surface area contributed by atoms with E-state index in [9.17, 15) is 9.59 Å². The normalized spacial score (nSPS) is 10.3. The van der Waals surface area contributed by atoms with E-state index < -0.39 is 5.91 Å². The van der Waals surface area contributed by atoms with E-state index in [0.717, 1.165) is 4.88 Å². The second kappa shape index (κ2) is 7.18. The lowest BCUT2D eigenvalue weighted by molar-refractivity contribution is -0.114. The van der Waals surface area contributed by atoms with Crippen LogP contribution >= 0.6 is 11.3 Å². The van der Waals surface area contributed by atoms with Gasteiger partial charge in [0.25, 0.3) is 5.91 Å². The fourth-order valence-electron chi connectivity index (χ4n) is 2.19. The summed E-state index contributed by atoms with van der Waals surface area (Å²) in [5, 5.41) is 11.1. The Morgan fingerprint density at radius 3 is 2.72 bits per heavy atom. The minimum atomic E-state index is -0.412. The second-order valence-corrected chi connectivity index (χ2v) is 6.05. The van der Waals surface area contributed by atoms with Crippen molar-refractivity contribution in [1.29, 1.82) is 0 Å². The van der Waals surface area contributed by atoms with Crippen molar-refractivity contribution in [2.24, 2.45) is 0 Å². The van der Waals surface area contributed by atoms with Crippen molar-refractivity contribution in [3.63, 3.8) is 0 Å². The van der Waals surface area contributed by atoms with E-state index in [1.54, 1.807) is 24.3 Å². The number of methoxy groups -OCH3 is 1. The lowest BCUT2D eigenvalue weighted by atomic mass is 10.2. The summed E-state index contributed by atoms with van der Waals surface area (Å²) in [5.74, 6) is 0.382. The molecule has 2 N–H and O–H groups in total. The molecule has 0 aliphatic heterocycles. The van der Waals surface area contributed by atoms with Crippen LogP contribution in [0.3, 0.4) is 0 Å². The molecule has 3 aromatic rings. The van der Waals surface area contributed by atoms with Crippen molar-refractivity contribution in [2.45, 2.75) is 6.92 Å². The molecule has 0 aliphatic carbocycles. The molecule has 0 saturated heterocycles. The SMILES string of the molecule is COc1ccc(NC(=O)c2cc(-c3cccs3)on2)cc1NC(C)=O. The number of thiophene rings is 1. The molecule has 0 radical (unpaired) electrons. The summed E-state index contributed by atoms with van der Waals surface area (Å²) in [6, 6.07) is 10.3. The van der Waals surface area contributed by atoms with Gasteiger partial charge >= 0.3 is 0 Å². The van der Waals surface area contributed by atoms with Gasteiger partial charge in [-0.3, -0.25) is 9.59 Å². The molecule has 2 heterocycles. The van der Waals surface area contributed by atoms with Crippen LogP contribution in [0.5, 0.6) is 5.75 Å². The van der Waals surface area contributed by atoms with Crippen LogP contribution in [0.4, 0.5) is 11.4 Å². The largest absolute Gasteiger partial charge is 0.495 e. The molecule has 0 bridgehead atoms. The highest BCUT2D eigenvalue weighted by molar-refractivity contribution is 7.13. The fraction of sp³-hybridized carbons (Fsp3) is 0.118. The molecule has 0 aliphatic rings. The first-order valence-electron chi connectivity index (χ1n) is 7.34. The van der Waals surface area contributed by atoms with Crippen LogP contribution in [0, 0.1) is 0 Å². The molecule has 2 amide bonds. The van der Waals surface area contributed by atoms with Crippen molar-refractivity contribution in [3.8, 4) is 16.4 Å². The Morgan fingerprint density at radius 1 is 1.20 bits per heavy atom. The molecule has 0 spiro atoms. The van der Waals surface area contributed by atoms with Gasteiger partial charge in [-0.25, -0.2) is 0 Å². The highest BCUT2D eigenvalue weighted by Crippen LogP contribution is 2.29. The smallest absolute Gasteiger partial charge is 0.277 e. The summed E-state index contributed by atoms with van der Waals surface area (Å²) >= 11 is 1.50. The number of nitrogens with one attached hydrogen (secondary N) is 2. The lowest BCUT2D eigenvalue weighted by Gasteiger charge is -2.11. The average Bonchev–Trinajstić information content (AvgIpc) is 3.26. The molecule has 8 heteroatoms. The fourth-order valence-corrected chi connectivity index (χ4v) is 2.86. The maximum atomic E-state index is 12.3. The monoisotopic (exact) mass is 357 g/mol. The van der Waals surface area contributed by atoms with Crippen LogP contribution < -0.4 is 15.4 Å². The zero-order valence-electron chi connectivity index (χ0n) is 13.5. The van der Waals surface area contributed by atoms with Gasteiger partial charge in [0.2, 0.25) is 5.91 Å². The van der Waals surface area contributed by atoms with Gasteiger partial charge in [0.05, 0.1) is 17.7 Å². The Labute approximate surface area is 147 Å². The van der Waals surface area contributed by atoms with Crippen molar-refractivity contribution in [3.05, 3.63) is 47.5 Å². The van der Waals surface area contributed by atoms with Crippen molar-refractivity contribution in [2.75, 3.05) is 17.7 Å². The topological polar surface area (TPSA) is 93.5 Å². The minimum absolute atomic E-state index is 0.167. The van der Waals surface area contributed by atoms with Gasteiger partial charge in [-0.1, -0.05) is 11.2 Å². The van der Waals surface area contributed by atoms with Gasteiger partial charge < -0.3 is 19.9 Å². The summed E-state index contributed by atoms with van der Waals surface area (Å²) in [7, 11) is 1.50. The Morgan fingerprint density at radius 2 is 2.04 bits per heavy atom. The molecule has 128 valence electrons. The number of carbonyl (C=O) groups excluding carboxylic acids is 2. The Bertz CT molecular complexity index is 903. The number of rotatable bonds is 5. The number of aromatic nitrogens is 1. The van der Waals surface area contributed by atoms with E-state index in [0.29, 0.717) is 22.9 Å². The number of amides is 2. The quantitative estimate of drug-likeness (QED) is 0.727. The molecule has 3 rings (SSSR count). The summed E-state index contributed by atoms with van der Waals surface area (Å²) in [6.07, 6.45) is 0. The van der Waals surface area contributed by atoms with E-state index in [1.807, 2.05) is 17.5 Å². The van der Waals surface area contributed by atoms with Gasteiger partial charge in [0.15, 0.2) is 11.5 Å². The Hall–Kier alpha value is -3.13. The lowest BCUT2D eigenvalue weighted by Crippen LogP contribution is -2.13. The average molecular weight is 357 g/mol. The molecular weight excluding hydrogens is 342 g/mol. The predicted molar refractivity (Wildman–Crippen MR) is 95.1 cm³/mol. The van der Waals surface area contributed by atoms with Gasteiger partial charge in [-0.05, 0) is 29.6 Å². The van der Waals surface area contributed by atoms with Crippen LogP contribution in [-0.2, 0) is 4.79 Å². The highest BCUT2D eigenvalue weighted by atomic mass is 32.1. The number of hydrogen-bond acceptors (Lipinski definition) is 6. The summed E-state index contributed by atoms with van der Waals surface area (Å²) in [6.45, 7) is 1.40. The Balaban J connectivity index is 1.77. The zero-order chi connectivity index (χ0) is 17.8. The summed E-state index contributed by atoms with van der Waals surface area (Å²) < 4.78 is 10.4. The molecule has 0 saturated carbocycles. The van der Waals surface area contributed by atoms with E-state index in [4.69, 9.17) is 9.26 Å². The number of ether oxygens (including phenoxy) is 1. The number of anilines is 2. The molecule has 0 atom stereocenters. The number of hydrogen-bond donors (Lipinski definition) is 2. The van der Waals surface area contributed by atoms with Crippen molar-refractivity contribution < 1.29 is 18.8 Å². The highest BCUT2D eigenvalue weighted by Gasteiger charge is 2.15. The maximum Gasteiger partial charge on any atom is 0.277 e. The zero-order valence-corrected chi connectivity index (χ0v) is 14.3. The van der Waals surface area contributed by atoms with E-state index in [2.05, 4.69) is 15.8 Å². The third kappa shape index (κ3) is 3.86. The molecule has 7 nitrogen and oxygen atoms in total. The number of benzene rings is 1. The third-order valence-electron chi connectivity index (χ3n) is 3.27. The van der Waals surface area contributed by atoms with Crippen LogP contribution in [0.25, 0.3) is 10.6 Å². The van der Waals surface area contributed by atoms with Crippen LogP contribution in [0.2, 0.25) is 0 Å². The van der Waals surface area contributed by atoms with Gasteiger partial charge in [-0.15, -0.1) is 11.3 Å². The molecular formula is C17H15N3O4S. The first-order valence-corrected chi connectivity index (χ1v) is 8.22. The van der Waals surface area contributed by atoms with Gasteiger partial charge in [-0.2, -0.15) is 0 Å². The standard InChI is InChI=1S/C17H15N3O4S/c1-10(21)18-12-8-11(5-6-14(12)23-2)19-17(22)13-9-15(24-20-13)16-4-3-7-25-16/h3-9H,1-2H3,(H,18,21)(H,19,22). The molecule has 25 heavy (non-hydrogen) atoms. The first-order chi connectivity index (χ1) is 12.1. The van der Waals surface area contributed by atoms with Crippen molar-refractivity contribution >= 4 is 34.5 Å². The molecule has 2 aromatic heterocycles. The van der Waals surface area contributed by atoms with E-state index in [-0.39, 0.29) is 11.6 Å². The maximum absolute atomic E-state index is 12.3. The van der Waals surface area contributed by atoms with E-state index >= 15 is 0 Å². The van der Waals surface area contributed by atoms with Crippen LogP contribution in [-0.4, -0.2) is 24.1 Å². The summed E-state index contributed by atoms with van der Waals surface area (Å²) in [5.41, 5.74) is 1.13. The van der Waals surface area contributed by atoms with Crippen LogP contribution in [0.15, 0.2) is 46.3 Å². The molecule has 0 unspecified atom stereocenters. The van der Waals surface area contributed by atoms with Crippen LogP contribution in [0.1, 0.15) is 17.4 Å². The predicted octanol–water partition coefficient (Wildman–Crippen LogP) is 3.62. The number of carbonyl (C=O) groups is 2. The van der Waals surface area contributed by atoms with Gasteiger partial charge in [0, 0.05) is 18.7 Å². The summed E-state index contributed by atoms with van der Waals surface area (Å²) in [4.78, 5) is 24.5. The molecule has 0 fully saturated rings. The second-order valence-electron chi connectivity index (χ2n) is 5.10. The van der Waals surface area contributed by atoms with E-state index in [1.165, 1.54) is 25.4 Å². The minimum Gasteiger partial charge on any atom is -0.495 e. The first kappa shape index (κ1) is 16.7.